The summed E-state index contributed by atoms with van der Waals surface area (Å²) >= 11 is 0. The third-order valence-corrected chi connectivity index (χ3v) is 3.45. The summed E-state index contributed by atoms with van der Waals surface area (Å²) in [5, 5.41) is 11.9. The number of carbonyl (C=O) groups is 2. The number of hydrogen-bond acceptors (Lipinski definition) is 5. The first-order valence-electron chi connectivity index (χ1n) is 6.09. The van der Waals surface area contributed by atoms with Crippen LogP contribution in [0.4, 0.5) is 0 Å². The molecule has 6 heteroatoms. The first-order chi connectivity index (χ1) is 9.66. The van der Waals surface area contributed by atoms with Crippen molar-refractivity contribution in [3.05, 3.63) is 34.9 Å². The van der Waals surface area contributed by atoms with Crippen LogP contribution in [0.3, 0.4) is 0 Å². The number of ether oxygens (including phenoxy) is 2. The lowest BCUT2D eigenvalue weighted by atomic mass is 9.87. The van der Waals surface area contributed by atoms with Gasteiger partial charge >= 0.3 is 5.97 Å². The molecule has 6 nitrogen and oxygen atoms in total. The van der Waals surface area contributed by atoms with Crippen LogP contribution in [0.25, 0.3) is 0 Å². The van der Waals surface area contributed by atoms with E-state index in [1.54, 1.807) is 12.1 Å². The number of nitrogens with one attached hydrogen (secondary N) is 1. The van der Waals surface area contributed by atoms with Crippen molar-refractivity contribution < 1.29 is 19.1 Å². The molecule has 0 radical (unpaired) electrons. The molecule has 0 aromatic heterocycles. The Hall–Kier alpha value is -2.39. The largest absolute Gasteiger partial charge is 0.465 e. The quantitative estimate of drug-likeness (QED) is 0.645. The fourth-order valence-corrected chi connectivity index (χ4v) is 2.32. The van der Waals surface area contributed by atoms with Gasteiger partial charge in [0.25, 0.3) is 0 Å². The third kappa shape index (κ3) is 2.36. The molecule has 0 saturated carbocycles. The molecule has 104 valence electrons. The van der Waals surface area contributed by atoms with Crippen LogP contribution in [0.1, 0.15) is 27.9 Å². The van der Waals surface area contributed by atoms with Crippen molar-refractivity contribution in [3.63, 3.8) is 0 Å². The highest BCUT2D eigenvalue weighted by Gasteiger charge is 2.37. The molecule has 0 bridgehead atoms. The molecule has 2 rings (SSSR count). The van der Waals surface area contributed by atoms with E-state index in [0.29, 0.717) is 26.0 Å². The second-order valence-corrected chi connectivity index (χ2v) is 4.51. The Morgan fingerprint density at radius 3 is 2.95 bits per heavy atom. The number of esters is 1. The lowest BCUT2D eigenvalue weighted by Crippen LogP contribution is -2.42. The topological polar surface area (TPSA) is 88.4 Å². The average Bonchev–Trinajstić information content (AvgIpc) is 2.96. The second-order valence-electron chi connectivity index (χ2n) is 4.51. The van der Waals surface area contributed by atoms with E-state index in [1.807, 2.05) is 6.07 Å². The molecule has 1 fully saturated rings. The van der Waals surface area contributed by atoms with Crippen molar-refractivity contribution in [2.24, 2.45) is 0 Å². The minimum absolute atomic E-state index is 0.207. The van der Waals surface area contributed by atoms with E-state index in [4.69, 9.17) is 10.00 Å². The van der Waals surface area contributed by atoms with Crippen molar-refractivity contribution >= 4 is 12.4 Å². The Morgan fingerprint density at radius 2 is 2.40 bits per heavy atom. The molecule has 1 aliphatic heterocycles. The summed E-state index contributed by atoms with van der Waals surface area (Å²) < 4.78 is 9.97. The summed E-state index contributed by atoms with van der Waals surface area (Å²) in [5.41, 5.74) is 0.528. The van der Waals surface area contributed by atoms with E-state index in [1.165, 1.54) is 13.2 Å². The Morgan fingerprint density at radius 1 is 1.60 bits per heavy atom. The number of benzene rings is 1. The average molecular weight is 274 g/mol. The van der Waals surface area contributed by atoms with E-state index in [0.717, 1.165) is 5.56 Å². The van der Waals surface area contributed by atoms with E-state index < -0.39 is 11.5 Å². The van der Waals surface area contributed by atoms with Crippen LogP contribution in [0.5, 0.6) is 0 Å². The van der Waals surface area contributed by atoms with Gasteiger partial charge in [0.15, 0.2) is 0 Å². The maximum atomic E-state index is 11.6. The molecule has 0 spiro atoms. The highest BCUT2D eigenvalue weighted by Crippen LogP contribution is 2.31. The van der Waals surface area contributed by atoms with Gasteiger partial charge in [0, 0.05) is 13.0 Å². The van der Waals surface area contributed by atoms with Gasteiger partial charge in [-0.15, -0.1) is 0 Å². The van der Waals surface area contributed by atoms with Crippen molar-refractivity contribution in [1.29, 1.82) is 5.26 Å². The van der Waals surface area contributed by atoms with E-state index in [2.05, 4.69) is 10.1 Å². The summed E-state index contributed by atoms with van der Waals surface area (Å²) in [4.78, 5) is 22.4. The highest BCUT2D eigenvalue weighted by molar-refractivity contribution is 5.92. The standard InChI is InChI=1S/C14H14N2O4/c1-19-13(18)12-3-2-11(6-10(12)7-15)14(16-9-17)4-5-20-8-14/h2-3,6,9H,4-5,8H2,1H3,(H,16,17). The third-order valence-electron chi connectivity index (χ3n) is 3.45. The van der Waals surface area contributed by atoms with Gasteiger partial charge in [-0.25, -0.2) is 4.79 Å². The van der Waals surface area contributed by atoms with E-state index >= 15 is 0 Å². The van der Waals surface area contributed by atoms with Gasteiger partial charge in [0.2, 0.25) is 6.41 Å². The highest BCUT2D eigenvalue weighted by atomic mass is 16.5. The van der Waals surface area contributed by atoms with Crippen LogP contribution >= 0.6 is 0 Å². The molecule has 1 aromatic carbocycles. The minimum atomic E-state index is -0.637. The SMILES string of the molecule is COC(=O)c1ccc(C2(NC=O)CCOC2)cc1C#N. The molecule has 1 heterocycles. The van der Waals surface area contributed by atoms with Gasteiger partial charge in [0.05, 0.1) is 30.4 Å². The smallest absolute Gasteiger partial charge is 0.339 e. The lowest BCUT2D eigenvalue weighted by molar-refractivity contribution is -0.111. The molecule has 1 saturated heterocycles. The molecule has 1 N–H and O–H groups in total. The zero-order valence-corrected chi connectivity index (χ0v) is 11.0. The summed E-state index contributed by atoms with van der Waals surface area (Å²) in [6.45, 7) is 0.871. The fraction of sp³-hybridized carbons (Fsp3) is 0.357. The fourth-order valence-electron chi connectivity index (χ4n) is 2.32. The van der Waals surface area contributed by atoms with E-state index in [9.17, 15) is 9.59 Å². The van der Waals surface area contributed by atoms with Crippen LogP contribution in [0.2, 0.25) is 0 Å². The van der Waals surface area contributed by atoms with Gasteiger partial charge in [-0.05, 0) is 17.7 Å². The van der Waals surface area contributed by atoms with E-state index in [-0.39, 0.29) is 11.1 Å². The van der Waals surface area contributed by atoms with Crippen molar-refractivity contribution in [2.45, 2.75) is 12.0 Å². The molecule has 1 aliphatic rings. The molecule has 20 heavy (non-hydrogen) atoms. The number of hydrogen-bond donors (Lipinski definition) is 1. The number of rotatable bonds is 4. The first-order valence-corrected chi connectivity index (χ1v) is 6.09. The molecule has 0 aliphatic carbocycles. The van der Waals surface area contributed by atoms with Crippen molar-refractivity contribution in [3.8, 4) is 6.07 Å². The predicted molar refractivity (Wildman–Crippen MR) is 68.8 cm³/mol. The number of methoxy groups -OCH3 is 1. The van der Waals surface area contributed by atoms with Gasteiger partial charge in [-0.1, -0.05) is 6.07 Å². The maximum absolute atomic E-state index is 11.6. The number of carbonyl (C=O) groups excluding carboxylic acids is 2. The Balaban J connectivity index is 2.46. The Kier molecular flexibility index (Phi) is 4.01. The maximum Gasteiger partial charge on any atom is 0.339 e. The number of nitrogens with zero attached hydrogens (tertiary/aromatic N) is 1. The van der Waals surface area contributed by atoms with Gasteiger partial charge in [-0.3, -0.25) is 4.79 Å². The molecular weight excluding hydrogens is 260 g/mol. The van der Waals surface area contributed by atoms with Crippen LogP contribution in [0.15, 0.2) is 18.2 Å². The van der Waals surface area contributed by atoms with Gasteiger partial charge < -0.3 is 14.8 Å². The summed E-state index contributed by atoms with van der Waals surface area (Å²) in [5.74, 6) is -0.562. The Bertz CT molecular complexity index is 571. The van der Waals surface area contributed by atoms with Gasteiger partial charge in [0.1, 0.15) is 6.07 Å². The normalized spacial score (nSPS) is 21.0. The van der Waals surface area contributed by atoms with Crippen LogP contribution in [-0.4, -0.2) is 32.7 Å². The lowest BCUT2D eigenvalue weighted by Gasteiger charge is -2.27. The van der Waals surface area contributed by atoms with Gasteiger partial charge in [-0.2, -0.15) is 5.26 Å². The monoisotopic (exact) mass is 274 g/mol. The molecule has 1 atom stereocenters. The molecule has 1 amide bonds. The van der Waals surface area contributed by atoms with Crippen LogP contribution in [0, 0.1) is 11.3 Å². The molecule has 1 aromatic rings. The molecule has 1 unspecified atom stereocenters. The van der Waals surface area contributed by atoms with Crippen LogP contribution < -0.4 is 5.32 Å². The summed E-state index contributed by atoms with van der Waals surface area (Å²) in [7, 11) is 1.26. The van der Waals surface area contributed by atoms with Crippen molar-refractivity contribution in [2.75, 3.05) is 20.3 Å². The van der Waals surface area contributed by atoms with Crippen molar-refractivity contribution in [1.82, 2.24) is 5.32 Å². The Labute approximate surface area is 116 Å². The predicted octanol–water partition coefficient (Wildman–Crippen LogP) is 0.706. The minimum Gasteiger partial charge on any atom is -0.465 e. The summed E-state index contributed by atoms with van der Waals surface area (Å²) in [6.07, 6.45) is 1.24. The zero-order chi connectivity index (χ0) is 14.6. The number of nitriles is 1. The second kappa shape index (κ2) is 5.72. The molecular formula is C14H14N2O4. The van der Waals surface area contributed by atoms with Crippen LogP contribution in [-0.2, 0) is 19.8 Å². The first kappa shape index (κ1) is 14.0. The zero-order valence-electron chi connectivity index (χ0n) is 11.0. The summed E-state index contributed by atoms with van der Waals surface area (Å²) in [6, 6.07) is 6.81. The number of amides is 1.